The second kappa shape index (κ2) is 11.7. The summed E-state index contributed by atoms with van der Waals surface area (Å²) in [7, 11) is 1.60. The number of thioether (sulfide) groups is 1. The standard InChI is InChI=1S/C25H21ClN6O4S/c1-16-3-8-19(9-4-16)31-24(18-6-10-20(36-2)11-7-18)29-30-25(31)37-15-23(33)28-27-14-17-5-12-21(26)22(13-17)32(34)35/h3-14H,15H2,1-2H3,(H,28,33)/b27-14+. The molecule has 0 unspecified atom stereocenters. The highest BCUT2D eigenvalue weighted by Crippen LogP contribution is 2.29. The monoisotopic (exact) mass is 536 g/mol. The topological polar surface area (TPSA) is 125 Å². The molecule has 4 aromatic rings. The molecule has 3 aromatic carbocycles. The Morgan fingerprint density at radius 3 is 2.57 bits per heavy atom. The minimum Gasteiger partial charge on any atom is -0.497 e. The molecule has 4 rings (SSSR count). The van der Waals surface area contributed by atoms with Crippen LogP contribution in [-0.2, 0) is 4.79 Å². The molecule has 188 valence electrons. The summed E-state index contributed by atoms with van der Waals surface area (Å²) in [6.45, 7) is 2.00. The van der Waals surface area contributed by atoms with Crippen LogP contribution in [0.5, 0.6) is 5.75 Å². The first-order valence-corrected chi connectivity index (χ1v) is 12.3. The lowest BCUT2D eigenvalue weighted by Crippen LogP contribution is -2.20. The van der Waals surface area contributed by atoms with Crippen LogP contribution >= 0.6 is 23.4 Å². The van der Waals surface area contributed by atoms with Crippen molar-refractivity contribution < 1.29 is 14.5 Å². The molecule has 0 saturated heterocycles. The number of methoxy groups -OCH3 is 1. The van der Waals surface area contributed by atoms with Crippen LogP contribution in [0.1, 0.15) is 11.1 Å². The third-order valence-electron chi connectivity index (χ3n) is 5.18. The lowest BCUT2D eigenvalue weighted by molar-refractivity contribution is -0.384. The summed E-state index contributed by atoms with van der Waals surface area (Å²) in [5, 5.41) is 24.2. The number of hydrazone groups is 1. The molecule has 0 atom stereocenters. The van der Waals surface area contributed by atoms with Gasteiger partial charge in [0.1, 0.15) is 10.8 Å². The van der Waals surface area contributed by atoms with E-state index in [1.165, 1.54) is 30.1 Å². The number of benzene rings is 3. The zero-order valence-corrected chi connectivity index (χ0v) is 21.4. The average Bonchev–Trinajstić information content (AvgIpc) is 3.32. The van der Waals surface area contributed by atoms with Crippen molar-refractivity contribution in [3.8, 4) is 22.8 Å². The zero-order valence-electron chi connectivity index (χ0n) is 19.8. The SMILES string of the molecule is COc1ccc(-c2nnc(SCC(=O)N/N=C/c3ccc(Cl)c([N+](=O)[O-])c3)n2-c2ccc(C)cc2)cc1. The molecule has 1 amide bonds. The van der Waals surface area contributed by atoms with Crippen LogP contribution in [0.2, 0.25) is 5.02 Å². The number of amides is 1. The summed E-state index contributed by atoms with van der Waals surface area (Å²) in [5.41, 5.74) is 5.41. The van der Waals surface area contributed by atoms with Crippen LogP contribution in [0.3, 0.4) is 0 Å². The third-order valence-corrected chi connectivity index (χ3v) is 6.42. The van der Waals surface area contributed by atoms with E-state index in [1.807, 2.05) is 60.0 Å². The Kier molecular flexibility index (Phi) is 8.16. The Bertz CT molecular complexity index is 1460. The highest BCUT2D eigenvalue weighted by Gasteiger charge is 2.17. The molecular formula is C25H21ClN6O4S. The molecular weight excluding hydrogens is 516 g/mol. The lowest BCUT2D eigenvalue weighted by Gasteiger charge is -2.11. The fourth-order valence-electron chi connectivity index (χ4n) is 3.31. The Balaban J connectivity index is 1.49. The van der Waals surface area contributed by atoms with E-state index in [4.69, 9.17) is 16.3 Å². The van der Waals surface area contributed by atoms with E-state index in [0.29, 0.717) is 16.5 Å². The lowest BCUT2D eigenvalue weighted by atomic mass is 10.2. The number of hydrogen-bond donors (Lipinski definition) is 1. The molecule has 0 spiro atoms. The summed E-state index contributed by atoms with van der Waals surface area (Å²) in [5.74, 6) is 0.987. The molecule has 1 heterocycles. The number of aromatic nitrogens is 3. The maximum atomic E-state index is 12.4. The molecule has 0 aliphatic carbocycles. The van der Waals surface area contributed by atoms with Crippen molar-refractivity contribution in [1.82, 2.24) is 20.2 Å². The second-order valence-corrected chi connectivity index (χ2v) is 9.11. The first kappa shape index (κ1) is 25.9. The van der Waals surface area contributed by atoms with E-state index < -0.39 is 4.92 Å². The largest absolute Gasteiger partial charge is 0.497 e. The number of rotatable bonds is 9. The van der Waals surface area contributed by atoms with Gasteiger partial charge in [0.15, 0.2) is 11.0 Å². The molecule has 0 saturated carbocycles. The van der Waals surface area contributed by atoms with Crippen LogP contribution in [0.4, 0.5) is 5.69 Å². The maximum absolute atomic E-state index is 12.4. The molecule has 0 aliphatic heterocycles. The van der Waals surface area contributed by atoms with Crippen molar-refractivity contribution in [3.63, 3.8) is 0 Å². The van der Waals surface area contributed by atoms with E-state index in [0.717, 1.165) is 22.6 Å². The number of ether oxygens (including phenoxy) is 1. The molecule has 10 nitrogen and oxygen atoms in total. The summed E-state index contributed by atoms with van der Waals surface area (Å²) in [6, 6.07) is 19.6. The van der Waals surface area contributed by atoms with Gasteiger partial charge in [-0.15, -0.1) is 10.2 Å². The Hall–Kier alpha value is -4.22. The van der Waals surface area contributed by atoms with E-state index in [2.05, 4.69) is 20.7 Å². The summed E-state index contributed by atoms with van der Waals surface area (Å²) < 4.78 is 7.13. The zero-order chi connectivity index (χ0) is 26.4. The van der Waals surface area contributed by atoms with Crippen molar-refractivity contribution in [1.29, 1.82) is 0 Å². The number of aryl methyl sites for hydroxylation is 1. The Morgan fingerprint density at radius 2 is 1.89 bits per heavy atom. The predicted octanol–water partition coefficient (Wildman–Crippen LogP) is 5.06. The quantitative estimate of drug-likeness (QED) is 0.137. The predicted molar refractivity (Wildman–Crippen MR) is 143 cm³/mol. The second-order valence-electron chi connectivity index (χ2n) is 7.76. The van der Waals surface area contributed by atoms with Crippen LogP contribution in [0.15, 0.2) is 77.0 Å². The van der Waals surface area contributed by atoms with Gasteiger partial charge in [-0.25, -0.2) is 5.43 Å². The van der Waals surface area contributed by atoms with Gasteiger partial charge in [-0.3, -0.25) is 19.5 Å². The van der Waals surface area contributed by atoms with Crippen LogP contribution < -0.4 is 10.2 Å². The van der Waals surface area contributed by atoms with Gasteiger partial charge in [-0.1, -0.05) is 47.1 Å². The minimum atomic E-state index is -0.584. The molecule has 0 radical (unpaired) electrons. The highest BCUT2D eigenvalue weighted by atomic mass is 35.5. The van der Waals surface area contributed by atoms with Crippen molar-refractivity contribution in [2.45, 2.75) is 12.1 Å². The molecule has 12 heteroatoms. The number of halogens is 1. The van der Waals surface area contributed by atoms with Crippen molar-refractivity contribution >= 4 is 41.2 Å². The van der Waals surface area contributed by atoms with Gasteiger partial charge in [0, 0.05) is 22.9 Å². The molecule has 0 fully saturated rings. The summed E-state index contributed by atoms with van der Waals surface area (Å²) in [4.78, 5) is 22.9. The van der Waals surface area contributed by atoms with Crippen LogP contribution in [0.25, 0.3) is 17.1 Å². The van der Waals surface area contributed by atoms with Crippen molar-refractivity contribution in [3.05, 3.63) is 93.0 Å². The smallest absolute Gasteiger partial charge is 0.288 e. The maximum Gasteiger partial charge on any atom is 0.288 e. The number of nitrogens with zero attached hydrogens (tertiary/aromatic N) is 5. The molecule has 1 aromatic heterocycles. The summed E-state index contributed by atoms with van der Waals surface area (Å²) in [6.07, 6.45) is 1.31. The molecule has 0 aliphatic rings. The molecule has 37 heavy (non-hydrogen) atoms. The third kappa shape index (κ3) is 6.32. The van der Waals surface area contributed by atoms with Gasteiger partial charge in [0.05, 0.1) is 24.0 Å². The van der Waals surface area contributed by atoms with Crippen LogP contribution in [0, 0.1) is 17.0 Å². The van der Waals surface area contributed by atoms with E-state index in [-0.39, 0.29) is 22.4 Å². The first-order valence-electron chi connectivity index (χ1n) is 10.9. The molecule has 1 N–H and O–H groups in total. The van der Waals surface area contributed by atoms with Gasteiger partial charge >= 0.3 is 0 Å². The first-order chi connectivity index (χ1) is 17.9. The van der Waals surface area contributed by atoms with E-state index in [1.54, 1.807) is 13.2 Å². The molecule has 0 bridgehead atoms. The number of nitro groups is 1. The van der Waals surface area contributed by atoms with Crippen molar-refractivity contribution in [2.75, 3.05) is 12.9 Å². The number of nitrogens with one attached hydrogen (secondary N) is 1. The van der Waals surface area contributed by atoms with E-state index in [9.17, 15) is 14.9 Å². The normalized spacial score (nSPS) is 11.0. The summed E-state index contributed by atoms with van der Waals surface area (Å²) >= 11 is 7.02. The number of carbonyl (C=O) groups is 1. The Morgan fingerprint density at radius 1 is 1.16 bits per heavy atom. The van der Waals surface area contributed by atoms with Crippen molar-refractivity contribution in [2.24, 2.45) is 5.10 Å². The average molecular weight is 537 g/mol. The number of hydrogen-bond acceptors (Lipinski definition) is 8. The van der Waals surface area contributed by atoms with Gasteiger partial charge in [-0.05, 0) is 49.4 Å². The number of carbonyl (C=O) groups excluding carboxylic acids is 1. The highest BCUT2D eigenvalue weighted by molar-refractivity contribution is 7.99. The van der Waals surface area contributed by atoms with E-state index >= 15 is 0 Å². The van der Waals surface area contributed by atoms with Gasteiger partial charge in [0.2, 0.25) is 0 Å². The number of nitro benzene ring substituents is 1. The fourth-order valence-corrected chi connectivity index (χ4v) is 4.24. The van der Waals surface area contributed by atoms with Gasteiger partial charge < -0.3 is 4.74 Å². The van der Waals surface area contributed by atoms with Gasteiger partial charge in [0.25, 0.3) is 11.6 Å². The minimum absolute atomic E-state index is 0.0186. The van der Waals surface area contributed by atoms with Gasteiger partial charge in [-0.2, -0.15) is 5.10 Å². The Labute approximate surface area is 221 Å². The van der Waals surface area contributed by atoms with Crippen LogP contribution in [-0.4, -0.2) is 44.7 Å². The fraction of sp³-hybridized carbons (Fsp3) is 0.120.